The molecule has 0 saturated carbocycles. The number of nitrogens with zero attached hydrogens (tertiary/aromatic N) is 3. The topological polar surface area (TPSA) is 61.6 Å². The molecule has 50 valence electrons. The minimum Gasteiger partial charge on any atom is -0.318 e. The fraction of sp³-hybridized carbons (Fsp3) is 0.167. The second-order valence-corrected chi connectivity index (χ2v) is 1.67. The summed E-state index contributed by atoms with van der Waals surface area (Å²) in [6, 6.07) is 1.75. The van der Waals surface area contributed by atoms with Crippen LogP contribution in [0.2, 0.25) is 0 Å². The van der Waals surface area contributed by atoms with E-state index in [-0.39, 0.29) is 0 Å². The van der Waals surface area contributed by atoms with Crippen LogP contribution < -0.4 is 5.32 Å². The zero-order chi connectivity index (χ0) is 7.23. The third kappa shape index (κ3) is 1.71. The number of nitrogens with one attached hydrogen (secondary N) is 1. The normalized spacial score (nSPS) is 8.30. The second kappa shape index (κ2) is 3.41. The molecule has 1 aromatic rings. The van der Waals surface area contributed by atoms with Crippen molar-refractivity contribution in [2.24, 2.45) is 0 Å². The number of hydrogen-bond donors (Lipinski definition) is 1. The lowest BCUT2D eigenvalue weighted by Gasteiger charge is -1.93. The van der Waals surface area contributed by atoms with Crippen molar-refractivity contribution in [2.75, 3.05) is 0 Å². The van der Waals surface area contributed by atoms with Gasteiger partial charge in [0.15, 0.2) is 6.19 Å². The quantitative estimate of drug-likeness (QED) is 0.458. The highest BCUT2D eigenvalue weighted by atomic mass is 14.9. The zero-order valence-electron chi connectivity index (χ0n) is 5.28. The van der Waals surface area contributed by atoms with Gasteiger partial charge in [-0.3, -0.25) is 0 Å². The van der Waals surface area contributed by atoms with Gasteiger partial charge in [0.05, 0.1) is 12.2 Å². The largest absolute Gasteiger partial charge is 0.318 e. The Morgan fingerprint density at radius 1 is 1.70 bits per heavy atom. The molecule has 0 spiro atoms. The third-order valence-corrected chi connectivity index (χ3v) is 0.992. The van der Waals surface area contributed by atoms with Crippen molar-refractivity contribution in [1.29, 1.82) is 5.26 Å². The Balaban J connectivity index is 2.52. The van der Waals surface area contributed by atoms with Crippen LogP contribution in [0.1, 0.15) is 5.69 Å². The Bertz CT molecular complexity index is 225. The molecule has 10 heavy (non-hydrogen) atoms. The fourth-order valence-corrected chi connectivity index (χ4v) is 0.553. The lowest BCUT2D eigenvalue weighted by Crippen LogP contribution is -2.05. The predicted octanol–water partition coefficient (Wildman–Crippen LogP) is 0.0473. The van der Waals surface area contributed by atoms with Gasteiger partial charge in [0, 0.05) is 6.20 Å². The van der Waals surface area contributed by atoms with Crippen LogP contribution in [0.4, 0.5) is 0 Å². The highest BCUT2D eigenvalue weighted by Crippen LogP contribution is 1.87. The summed E-state index contributed by atoms with van der Waals surface area (Å²) in [5.41, 5.74) is 0.816. The van der Waals surface area contributed by atoms with E-state index in [9.17, 15) is 0 Å². The summed E-state index contributed by atoms with van der Waals surface area (Å²) >= 11 is 0. The van der Waals surface area contributed by atoms with E-state index < -0.39 is 0 Å². The van der Waals surface area contributed by atoms with E-state index >= 15 is 0 Å². The lowest BCUT2D eigenvalue weighted by molar-refractivity contribution is 0.840. The molecule has 0 aliphatic heterocycles. The first-order valence-corrected chi connectivity index (χ1v) is 2.80. The molecule has 0 aliphatic carbocycles. The van der Waals surface area contributed by atoms with Crippen molar-refractivity contribution in [3.05, 3.63) is 24.3 Å². The average molecular weight is 134 g/mol. The Kier molecular flexibility index (Phi) is 2.21. The van der Waals surface area contributed by atoms with Crippen LogP contribution in [0.25, 0.3) is 0 Å². The summed E-state index contributed by atoms with van der Waals surface area (Å²) in [6.45, 7) is 0.471. The van der Waals surface area contributed by atoms with Crippen LogP contribution in [0.15, 0.2) is 18.6 Å². The molecule has 4 heteroatoms. The second-order valence-electron chi connectivity index (χ2n) is 1.67. The van der Waals surface area contributed by atoms with E-state index in [2.05, 4.69) is 15.3 Å². The number of nitriles is 1. The molecule has 0 atom stereocenters. The Hall–Kier alpha value is -1.63. The molecular weight excluding hydrogens is 128 g/mol. The summed E-state index contributed by atoms with van der Waals surface area (Å²) in [4.78, 5) is 7.62. The summed E-state index contributed by atoms with van der Waals surface area (Å²) < 4.78 is 0. The predicted molar refractivity (Wildman–Crippen MR) is 34.5 cm³/mol. The van der Waals surface area contributed by atoms with Crippen molar-refractivity contribution in [3.8, 4) is 6.19 Å². The minimum atomic E-state index is 0.471. The average Bonchev–Trinajstić information content (AvgIpc) is 2.03. The van der Waals surface area contributed by atoms with Gasteiger partial charge in [-0.15, -0.1) is 0 Å². The molecule has 4 nitrogen and oxygen atoms in total. The van der Waals surface area contributed by atoms with Crippen molar-refractivity contribution < 1.29 is 0 Å². The molecule has 0 bridgehead atoms. The van der Waals surface area contributed by atoms with E-state index in [1.54, 1.807) is 18.5 Å². The van der Waals surface area contributed by atoms with Crippen molar-refractivity contribution in [2.45, 2.75) is 6.54 Å². The first kappa shape index (κ1) is 6.49. The molecule has 0 unspecified atom stereocenters. The highest BCUT2D eigenvalue weighted by Gasteiger charge is 1.87. The third-order valence-electron chi connectivity index (χ3n) is 0.992. The van der Waals surface area contributed by atoms with Gasteiger partial charge in [-0.05, 0) is 6.07 Å². The van der Waals surface area contributed by atoms with Crippen molar-refractivity contribution in [1.82, 2.24) is 15.3 Å². The molecule has 1 aromatic heterocycles. The van der Waals surface area contributed by atoms with Gasteiger partial charge in [0.2, 0.25) is 0 Å². The highest BCUT2D eigenvalue weighted by molar-refractivity contribution is 4.97. The summed E-state index contributed by atoms with van der Waals surface area (Å²) in [7, 11) is 0. The maximum atomic E-state index is 8.12. The molecule has 0 fully saturated rings. The number of aromatic nitrogens is 2. The van der Waals surface area contributed by atoms with Crippen LogP contribution in [0.3, 0.4) is 0 Å². The van der Waals surface area contributed by atoms with E-state index in [0.29, 0.717) is 6.54 Å². The first-order chi connectivity index (χ1) is 4.93. The number of rotatable bonds is 2. The van der Waals surface area contributed by atoms with Crippen LogP contribution in [0, 0.1) is 11.5 Å². The van der Waals surface area contributed by atoms with E-state index in [1.807, 2.05) is 0 Å². The molecule has 1 rings (SSSR count). The van der Waals surface area contributed by atoms with E-state index in [1.165, 1.54) is 6.33 Å². The van der Waals surface area contributed by atoms with E-state index in [0.717, 1.165) is 5.69 Å². The molecule has 0 radical (unpaired) electrons. The van der Waals surface area contributed by atoms with Crippen molar-refractivity contribution >= 4 is 0 Å². The maximum absolute atomic E-state index is 8.12. The van der Waals surface area contributed by atoms with Gasteiger partial charge in [-0.25, -0.2) is 9.97 Å². The monoisotopic (exact) mass is 134 g/mol. The minimum absolute atomic E-state index is 0.471. The van der Waals surface area contributed by atoms with Gasteiger partial charge in [-0.2, -0.15) is 5.26 Å². The van der Waals surface area contributed by atoms with Crippen LogP contribution in [0.5, 0.6) is 0 Å². The first-order valence-electron chi connectivity index (χ1n) is 2.80. The molecule has 1 N–H and O–H groups in total. The fourth-order valence-electron chi connectivity index (χ4n) is 0.553. The maximum Gasteiger partial charge on any atom is 0.176 e. The summed E-state index contributed by atoms with van der Waals surface area (Å²) in [6.07, 6.45) is 4.90. The lowest BCUT2D eigenvalue weighted by atomic mass is 10.4. The molecular formula is C6H6N4. The molecule has 0 saturated heterocycles. The Morgan fingerprint density at radius 2 is 2.60 bits per heavy atom. The molecule has 1 heterocycles. The number of hydrogen-bond acceptors (Lipinski definition) is 4. The molecule has 0 aromatic carbocycles. The van der Waals surface area contributed by atoms with E-state index in [4.69, 9.17) is 5.26 Å². The SMILES string of the molecule is N#CNCc1ccncn1. The van der Waals surface area contributed by atoms with Crippen molar-refractivity contribution in [3.63, 3.8) is 0 Å². The van der Waals surface area contributed by atoms with Gasteiger partial charge in [0.25, 0.3) is 0 Å². The standard InChI is InChI=1S/C6H6N4/c7-4-9-3-6-1-2-8-5-10-6/h1-2,5,9H,3H2. The smallest absolute Gasteiger partial charge is 0.176 e. The Labute approximate surface area is 58.5 Å². The van der Waals surface area contributed by atoms with Gasteiger partial charge in [-0.1, -0.05) is 0 Å². The summed E-state index contributed by atoms with van der Waals surface area (Å²) in [5.74, 6) is 0. The summed E-state index contributed by atoms with van der Waals surface area (Å²) in [5, 5.41) is 10.6. The van der Waals surface area contributed by atoms with Crippen LogP contribution in [-0.2, 0) is 6.54 Å². The van der Waals surface area contributed by atoms with Gasteiger partial charge < -0.3 is 5.32 Å². The molecule has 0 aliphatic rings. The van der Waals surface area contributed by atoms with Crippen LogP contribution in [-0.4, -0.2) is 9.97 Å². The molecule has 0 amide bonds. The zero-order valence-corrected chi connectivity index (χ0v) is 5.28. The van der Waals surface area contributed by atoms with Crippen LogP contribution >= 0.6 is 0 Å². The Morgan fingerprint density at radius 3 is 3.20 bits per heavy atom. The van der Waals surface area contributed by atoms with Gasteiger partial charge >= 0.3 is 0 Å². The van der Waals surface area contributed by atoms with Gasteiger partial charge in [0.1, 0.15) is 6.33 Å².